The Morgan fingerprint density at radius 2 is 2.17 bits per heavy atom. The van der Waals surface area contributed by atoms with Gasteiger partial charge in [0.05, 0.1) is 23.4 Å². The molecule has 1 aromatic rings. The molecule has 0 aliphatic heterocycles. The van der Waals surface area contributed by atoms with Crippen LogP contribution in [0.15, 0.2) is 12.1 Å². The zero-order valence-corrected chi connectivity index (χ0v) is 11.2. The van der Waals surface area contributed by atoms with Crippen molar-refractivity contribution in [3.63, 3.8) is 0 Å². The molecule has 18 heavy (non-hydrogen) atoms. The summed E-state index contributed by atoms with van der Waals surface area (Å²) in [6.07, 6.45) is 4.49. The summed E-state index contributed by atoms with van der Waals surface area (Å²) < 4.78 is 11.2. The topological polar surface area (TPSA) is 51.6 Å². The van der Waals surface area contributed by atoms with Crippen LogP contribution in [0.25, 0.3) is 0 Å². The molecule has 1 heterocycles. The van der Waals surface area contributed by atoms with Crippen molar-refractivity contribution in [2.24, 2.45) is 0 Å². The van der Waals surface area contributed by atoms with Crippen molar-refractivity contribution in [2.75, 3.05) is 7.11 Å². The third kappa shape index (κ3) is 3.34. The van der Waals surface area contributed by atoms with Crippen LogP contribution in [0.2, 0.25) is 5.02 Å². The van der Waals surface area contributed by atoms with Crippen LogP contribution in [-0.2, 0) is 11.3 Å². The van der Waals surface area contributed by atoms with Crippen LogP contribution in [0.3, 0.4) is 0 Å². The molecule has 1 saturated carbocycles. The minimum absolute atomic E-state index is 0.129. The Hall–Kier alpha value is -0.840. The lowest BCUT2D eigenvalue weighted by Gasteiger charge is -2.28. The number of rotatable bonds is 4. The van der Waals surface area contributed by atoms with Crippen molar-refractivity contribution >= 4 is 11.6 Å². The number of pyridine rings is 1. The average Bonchev–Trinajstić information content (AvgIpc) is 2.41. The quantitative estimate of drug-likeness (QED) is 0.914. The maximum absolute atomic E-state index is 9.11. The molecule has 0 amide bonds. The molecule has 0 radical (unpaired) electrons. The number of ether oxygens (including phenoxy) is 2. The van der Waals surface area contributed by atoms with Gasteiger partial charge in [-0.25, -0.2) is 4.98 Å². The van der Waals surface area contributed by atoms with Gasteiger partial charge in [-0.05, 0) is 25.3 Å². The highest BCUT2D eigenvalue weighted by Gasteiger charge is 2.23. The molecule has 0 aromatic carbocycles. The molecular formula is C13H18ClNO3. The molecule has 1 aliphatic rings. The van der Waals surface area contributed by atoms with Gasteiger partial charge < -0.3 is 14.6 Å². The Morgan fingerprint density at radius 1 is 1.39 bits per heavy atom. The van der Waals surface area contributed by atoms with Crippen LogP contribution in [0.1, 0.15) is 31.4 Å². The minimum Gasteiger partial charge on any atom is -0.474 e. The summed E-state index contributed by atoms with van der Waals surface area (Å²) in [7, 11) is 1.73. The predicted molar refractivity (Wildman–Crippen MR) is 68.9 cm³/mol. The number of halogens is 1. The Morgan fingerprint density at radius 3 is 2.89 bits per heavy atom. The molecule has 0 spiro atoms. The Balaban J connectivity index is 2.00. The second kappa shape index (κ2) is 6.36. The molecule has 4 nitrogen and oxygen atoms in total. The van der Waals surface area contributed by atoms with E-state index in [1.54, 1.807) is 19.2 Å². The van der Waals surface area contributed by atoms with E-state index in [-0.39, 0.29) is 18.8 Å². The van der Waals surface area contributed by atoms with Crippen molar-refractivity contribution < 1.29 is 14.6 Å². The van der Waals surface area contributed by atoms with E-state index in [1.165, 1.54) is 0 Å². The smallest absolute Gasteiger partial charge is 0.213 e. The molecule has 0 saturated heterocycles. The fraction of sp³-hybridized carbons (Fsp3) is 0.615. The van der Waals surface area contributed by atoms with Crippen molar-refractivity contribution in [1.82, 2.24) is 4.98 Å². The summed E-state index contributed by atoms with van der Waals surface area (Å²) in [6.45, 7) is -0.179. The Labute approximate surface area is 112 Å². The molecule has 2 rings (SSSR count). The first-order chi connectivity index (χ1) is 8.72. The third-order valence-electron chi connectivity index (χ3n) is 3.24. The molecule has 1 fully saturated rings. The summed E-state index contributed by atoms with van der Waals surface area (Å²) >= 11 is 5.89. The summed E-state index contributed by atoms with van der Waals surface area (Å²) in [5.41, 5.74) is 0.452. The summed E-state index contributed by atoms with van der Waals surface area (Å²) in [4.78, 5) is 4.19. The van der Waals surface area contributed by atoms with Crippen LogP contribution >= 0.6 is 11.6 Å². The highest BCUT2D eigenvalue weighted by Crippen LogP contribution is 2.25. The number of aliphatic hydroxyl groups is 1. The van der Waals surface area contributed by atoms with Gasteiger partial charge in [0.2, 0.25) is 5.88 Å². The van der Waals surface area contributed by atoms with E-state index in [0.29, 0.717) is 16.6 Å². The van der Waals surface area contributed by atoms with Crippen LogP contribution in [-0.4, -0.2) is 29.4 Å². The molecule has 1 aliphatic carbocycles. The molecule has 1 N–H and O–H groups in total. The number of nitrogens with zero attached hydrogens (tertiary/aromatic N) is 1. The number of aromatic nitrogens is 1. The first-order valence-corrected chi connectivity index (χ1v) is 6.56. The number of methoxy groups -OCH3 is 1. The molecule has 1 aromatic heterocycles. The van der Waals surface area contributed by atoms with Crippen molar-refractivity contribution in [3.05, 3.63) is 22.8 Å². The van der Waals surface area contributed by atoms with E-state index < -0.39 is 0 Å². The standard InChI is InChI=1S/C13H18ClNO3/c1-17-9-3-2-4-10(7-9)18-13-6-5-11(14)12(8-16)15-13/h5-6,9-10,16H,2-4,7-8H2,1H3. The van der Waals surface area contributed by atoms with Gasteiger partial charge in [-0.1, -0.05) is 11.6 Å². The van der Waals surface area contributed by atoms with E-state index in [0.717, 1.165) is 25.7 Å². The van der Waals surface area contributed by atoms with Crippen LogP contribution < -0.4 is 4.74 Å². The van der Waals surface area contributed by atoms with Crippen LogP contribution in [0.4, 0.5) is 0 Å². The monoisotopic (exact) mass is 271 g/mol. The lowest BCUT2D eigenvalue weighted by molar-refractivity contribution is 0.0194. The minimum atomic E-state index is -0.179. The third-order valence-corrected chi connectivity index (χ3v) is 3.59. The number of hydrogen-bond donors (Lipinski definition) is 1. The van der Waals surface area contributed by atoms with Gasteiger partial charge in [-0.2, -0.15) is 0 Å². The normalized spacial score (nSPS) is 23.9. The number of aliphatic hydroxyl groups excluding tert-OH is 1. The Bertz CT molecular complexity index is 400. The van der Waals surface area contributed by atoms with E-state index >= 15 is 0 Å². The SMILES string of the molecule is COC1CCCC(Oc2ccc(Cl)c(CO)n2)C1. The van der Waals surface area contributed by atoms with Gasteiger partial charge in [0, 0.05) is 19.6 Å². The van der Waals surface area contributed by atoms with E-state index in [1.807, 2.05) is 0 Å². The maximum atomic E-state index is 9.11. The van der Waals surface area contributed by atoms with Crippen molar-refractivity contribution in [2.45, 2.75) is 44.5 Å². The highest BCUT2D eigenvalue weighted by molar-refractivity contribution is 6.31. The second-order valence-corrected chi connectivity index (χ2v) is 4.91. The van der Waals surface area contributed by atoms with Gasteiger partial charge in [0.1, 0.15) is 6.10 Å². The van der Waals surface area contributed by atoms with Crippen molar-refractivity contribution in [1.29, 1.82) is 0 Å². The number of hydrogen-bond acceptors (Lipinski definition) is 4. The summed E-state index contributed by atoms with van der Waals surface area (Å²) in [6, 6.07) is 3.43. The lowest BCUT2D eigenvalue weighted by Crippen LogP contribution is -2.29. The fourth-order valence-electron chi connectivity index (χ4n) is 2.23. The zero-order valence-electron chi connectivity index (χ0n) is 10.4. The Kier molecular flexibility index (Phi) is 4.80. The van der Waals surface area contributed by atoms with Crippen LogP contribution in [0, 0.1) is 0 Å². The zero-order chi connectivity index (χ0) is 13.0. The lowest BCUT2D eigenvalue weighted by atomic mass is 9.95. The molecular weight excluding hydrogens is 254 g/mol. The van der Waals surface area contributed by atoms with E-state index in [2.05, 4.69) is 4.98 Å². The van der Waals surface area contributed by atoms with Crippen molar-refractivity contribution in [3.8, 4) is 5.88 Å². The second-order valence-electron chi connectivity index (χ2n) is 4.50. The average molecular weight is 272 g/mol. The first-order valence-electron chi connectivity index (χ1n) is 6.18. The van der Waals surface area contributed by atoms with Gasteiger partial charge in [-0.3, -0.25) is 0 Å². The molecule has 2 atom stereocenters. The van der Waals surface area contributed by atoms with E-state index in [4.69, 9.17) is 26.2 Å². The first kappa shape index (κ1) is 13.6. The van der Waals surface area contributed by atoms with Gasteiger partial charge in [-0.15, -0.1) is 0 Å². The fourth-order valence-corrected chi connectivity index (χ4v) is 2.40. The largest absolute Gasteiger partial charge is 0.474 e. The van der Waals surface area contributed by atoms with Gasteiger partial charge in [0.15, 0.2) is 0 Å². The molecule has 2 unspecified atom stereocenters. The molecule has 5 heteroatoms. The van der Waals surface area contributed by atoms with E-state index in [9.17, 15) is 0 Å². The summed E-state index contributed by atoms with van der Waals surface area (Å²) in [5.74, 6) is 0.519. The predicted octanol–water partition coefficient (Wildman–Crippen LogP) is 2.56. The molecule has 100 valence electrons. The summed E-state index contributed by atoms with van der Waals surface area (Å²) in [5, 5.41) is 9.57. The molecule has 0 bridgehead atoms. The van der Waals surface area contributed by atoms with Gasteiger partial charge >= 0.3 is 0 Å². The van der Waals surface area contributed by atoms with Crippen LogP contribution in [0.5, 0.6) is 5.88 Å². The maximum Gasteiger partial charge on any atom is 0.213 e. The highest BCUT2D eigenvalue weighted by atomic mass is 35.5. The van der Waals surface area contributed by atoms with Gasteiger partial charge in [0.25, 0.3) is 0 Å².